The number of rotatable bonds is 6. The number of hydrogen-bond acceptors (Lipinski definition) is 4. The standard InChI is InChI=1S/C14H20N4O/c1-11(2)7-8-15-9-10-18-14(19)12-5-3-4-6-13(12)16-17-18/h3-6,11,15H,7-10H2,1-2H3. The van der Waals surface area contributed by atoms with Crippen molar-refractivity contribution in [2.75, 3.05) is 13.1 Å². The van der Waals surface area contributed by atoms with Gasteiger partial charge in [0, 0.05) is 6.54 Å². The van der Waals surface area contributed by atoms with Gasteiger partial charge in [-0.05, 0) is 31.0 Å². The van der Waals surface area contributed by atoms with Crippen molar-refractivity contribution in [1.29, 1.82) is 0 Å². The fourth-order valence-corrected chi connectivity index (χ4v) is 1.87. The Labute approximate surface area is 112 Å². The number of benzene rings is 1. The van der Waals surface area contributed by atoms with E-state index in [-0.39, 0.29) is 5.56 Å². The highest BCUT2D eigenvalue weighted by molar-refractivity contribution is 5.76. The highest BCUT2D eigenvalue weighted by Crippen LogP contribution is 2.03. The van der Waals surface area contributed by atoms with Crippen LogP contribution in [0.4, 0.5) is 0 Å². The zero-order chi connectivity index (χ0) is 13.7. The van der Waals surface area contributed by atoms with Crippen LogP contribution in [-0.2, 0) is 6.54 Å². The maximum Gasteiger partial charge on any atom is 0.277 e. The Balaban J connectivity index is 1.98. The van der Waals surface area contributed by atoms with Crippen LogP contribution in [0.3, 0.4) is 0 Å². The average Bonchev–Trinajstić information content (AvgIpc) is 2.41. The van der Waals surface area contributed by atoms with Crippen LogP contribution in [0.25, 0.3) is 10.9 Å². The number of hydrogen-bond donors (Lipinski definition) is 1. The Morgan fingerprint density at radius 3 is 2.84 bits per heavy atom. The van der Waals surface area contributed by atoms with Gasteiger partial charge in [-0.1, -0.05) is 31.2 Å². The summed E-state index contributed by atoms with van der Waals surface area (Å²) >= 11 is 0. The molecule has 1 heterocycles. The minimum atomic E-state index is -0.0729. The molecule has 0 spiro atoms. The summed E-state index contributed by atoms with van der Waals surface area (Å²) in [5.41, 5.74) is 0.577. The van der Waals surface area contributed by atoms with Crippen LogP contribution < -0.4 is 10.9 Å². The molecule has 0 bridgehead atoms. The van der Waals surface area contributed by atoms with Crippen LogP contribution in [0, 0.1) is 5.92 Å². The fourth-order valence-electron chi connectivity index (χ4n) is 1.87. The van der Waals surface area contributed by atoms with Gasteiger partial charge in [0.15, 0.2) is 0 Å². The van der Waals surface area contributed by atoms with E-state index in [4.69, 9.17) is 0 Å². The second-order valence-corrected chi connectivity index (χ2v) is 5.07. The number of aromatic nitrogens is 3. The van der Waals surface area contributed by atoms with Gasteiger partial charge in [0.1, 0.15) is 5.52 Å². The first-order valence-electron chi connectivity index (χ1n) is 6.71. The van der Waals surface area contributed by atoms with Crippen LogP contribution in [0.5, 0.6) is 0 Å². The third-order valence-electron chi connectivity index (χ3n) is 3.03. The second-order valence-electron chi connectivity index (χ2n) is 5.07. The predicted molar refractivity (Wildman–Crippen MR) is 76.1 cm³/mol. The molecule has 5 heteroatoms. The lowest BCUT2D eigenvalue weighted by Gasteiger charge is -2.07. The Morgan fingerprint density at radius 1 is 1.26 bits per heavy atom. The van der Waals surface area contributed by atoms with Crippen molar-refractivity contribution >= 4 is 10.9 Å². The lowest BCUT2D eigenvalue weighted by atomic mass is 10.1. The molecule has 0 radical (unpaired) electrons. The van der Waals surface area contributed by atoms with E-state index in [2.05, 4.69) is 29.5 Å². The zero-order valence-corrected chi connectivity index (χ0v) is 11.5. The van der Waals surface area contributed by atoms with Crippen molar-refractivity contribution in [3.63, 3.8) is 0 Å². The summed E-state index contributed by atoms with van der Waals surface area (Å²) in [5.74, 6) is 0.690. The molecule has 0 unspecified atom stereocenters. The molecule has 2 rings (SSSR count). The SMILES string of the molecule is CC(C)CCNCCn1nnc2ccccc2c1=O. The minimum absolute atomic E-state index is 0.0729. The topological polar surface area (TPSA) is 59.8 Å². The highest BCUT2D eigenvalue weighted by Gasteiger charge is 2.04. The van der Waals surface area contributed by atoms with Gasteiger partial charge in [0.25, 0.3) is 5.56 Å². The summed E-state index contributed by atoms with van der Waals surface area (Å²) < 4.78 is 1.42. The normalized spacial score (nSPS) is 11.3. The molecule has 0 saturated carbocycles. The van der Waals surface area contributed by atoms with Crippen LogP contribution in [0.1, 0.15) is 20.3 Å². The molecule has 5 nitrogen and oxygen atoms in total. The van der Waals surface area contributed by atoms with Crippen molar-refractivity contribution in [1.82, 2.24) is 20.3 Å². The minimum Gasteiger partial charge on any atom is -0.315 e. The molecule has 0 aliphatic rings. The van der Waals surface area contributed by atoms with Crippen molar-refractivity contribution in [2.24, 2.45) is 5.92 Å². The van der Waals surface area contributed by atoms with Gasteiger partial charge in [-0.3, -0.25) is 4.79 Å². The van der Waals surface area contributed by atoms with Crippen molar-refractivity contribution in [3.8, 4) is 0 Å². The molecule has 1 aromatic heterocycles. The third kappa shape index (κ3) is 3.61. The van der Waals surface area contributed by atoms with Gasteiger partial charge in [-0.15, -0.1) is 5.10 Å². The summed E-state index contributed by atoms with van der Waals surface area (Å²) in [7, 11) is 0. The Hall–Kier alpha value is -1.75. The van der Waals surface area contributed by atoms with E-state index >= 15 is 0 Å². The fraction of sp³-hybridized carbons (Fsp3) is 0.500. The second kappa shape index (κ2) is 6.43. The first-order valence-corrected chi connectivity index (χ1v) is 6.71. The summed E-state index contributed by atoms with van der Waals surface area (Å²) in [5, 5.41) is 11.9. The lowest BCUT2D eigenvalue weighted by Crippen LogP contribution is -2.30. The smallest absolute Gasteiger partial charge is 0.277 e. The molecular formula is C14H20N4O. The van der Waals surface area contributed by atoms with Gasteiger partial charge in [0.2, 0.25) is 0 Å². The first kappa shape index (κ1) is 13.7. The largest absolute Gasteiger partial charge is 0.315 e. The van der Waals surface area contributed by atoms with E-state index in [0.29, 0.717) is 23.4 Å². The number of nitrogens with one attached hydrogen (secondary N) is 1. The van der Waals surface area contributed by atoms with E-state index in [1.165, 1.54) is 4.68 Å². The van der Waals surface area contributed by atoms with E-state index in [9.17, 15) is 4.79 Å². The summed E-state index contributed by atoms with van der Waals surface area (Å²) in [6.07, 6.45) is 1.14. The highest BCUT2D eigenvalue weighted by atomic mass is 16.1. The molecule has 0 fully saturated rings. The Kier molecular flexibility index (Phi) is 4.63. The van der Waals surface area contributed by atoms with E-state index in [0.717, 1.165) is 19.5 Å². The van der Waals surface area contributed by atoms with Gasteiger partial charge >= 0.3 is 0 Å². The lowest BCUT2D eigenvalue weighted by molar-refractivity contribution is 0.486. The quantitative estimate of drug-likeness (QED) is 0.798. The number of fused-ring (bicyclic) bond motifs is 1. The first-order chi connectivity index (χ1) is 9.18. The van der Waals surface area contributed by atoms with Gasteiger partial charge in [-0.2, -0.15) is 0 Å². The molecule has 0 amide bonds. The molecule has 0 aliphatic heterocycles. The molecule has 102 valence electrons. The third-order valence-corrected chi connectivity index (χ3v) is 3.03. The average molecular weight is 260 g/mol. The van der Waals surface area contributed by atoms with E-state index in [1.54, 1.807) is 12.1 Å². The van der Waals surface area contributed by atoms with Crippen LogP contribution in [0.15, 0.2) is 29.1 Å². The van der Waals surface area contributed by atoms with Crippen molar-refractivity contribution in [3.05, 3.63) is 34.6 Å². The van der Waals surface area contributed by atoms with Crippen molar-refractivity contribution in [2.45, 2.75) is 26.8 Å². The Bertz CT molecular complexity index is 591. The van der Waals surface area contributed by atoms with Crippen LogP contribution in [-0.4, -0.2) is 28.1 Å². The molecule has 1 aromatic carbocycles. The maximum absolute atomic E-state index is 12.1. The van der Waals surface area contributed by atoms with Gasteiger partial charge in [0.05, 0.1) is 11.9 Å². The molecule has 0 saturated heterocycles. The van der Waals surface area contributed by atoms with Crippen LogP contribution >= 0.6 is 0 Å². The Morgan fingerprint density at radius 2 is 2.05 bits per heavy atom. The summed E-state index contributed by atoms with van der Waals surface area (Å²) in [6, 6.07) is 7.29. The molecule has 1 N–H and O–H groups in total. The monoisotopic (exact) mass is 260 g/mol. The van der Waals surface area contributed by atoms with Gasteiger partial charge < -0.3 is 5.32 Å². The molecule has 2 aromatic rings. The van der Waals surface area contributed by atoms with Crippen molar-refractivity contribution < 1.29 is 0 Å². The molecular weight excluding hydrogens is 240 g/mol. The zero-order valence-electron chi connectivity index (χ0n) is 11.5. The molecule has 19 heavy (non-hydrogen) atoms. The van der Waals surface area contributed by atoms with Crippen LogP contribution in [0.2, 0.25) is 0 Å². The summed E-state index contributed by atoms with van der Waals surface area (Å²) in [6.45, 7) is 6.64. The summed E-state index contributed by atoms with van der Waals surface area (Å²) in [4.78, 5) is 12.1. The molecule has 0 aliphatic carbocycles. The molecule has 0 atom stereocenters. The predicted octanol–water partition coefficient (Wildman–Crippen LogP) is 1.43. The maximum atomic E-state index is 12.1. The van der Waals surface area contributed by atoms with E-state index < -0.39 is 0 Å². The van der Waals surface area contributed by atoms with Gasteiger partial charge in [-0.25, -0.2) is 4.68 Å². The number of nitrogens with zero attached hydrogens (tertiary/aromatic N) is 3. The van der Waals surface area contributed by atoms with E-state index in [1.807, 2.05) is 12.1 Å².